The largest absolute Gasteiger partial charge is 0.453 e. The predicted octanol–water partition coefficient (Wildman–Crippen LogP) is 4.79. The summed E-state index contributed by atoms with van der Waals surface area (Å²) in [6.45, 7) is 7.21. The van der Waals surface area contributed by atoms with Gasteiger partial charge in [0.2, 0.25) is 5.91 Å². The second-order valence-electron chi connectivity index (χ2n) is 8.97. The van der Waals surface area contributed by atoms with Gasteiger partial charge in [0.05, 0.1) is 6.20 Å². The minimum atomic E-state index is -0.526. The normalized spacial score (nSPS) is 14.8. The van der Waals surface area contributed by atoms with Gasteiger partial charge in [-0.1, -0.05) is 6.07 Å². The quantitative estimate of drug-likeness (QED) is 0.634. The molecule has 1 aliphatic rings. The molecule has 0 spiro atoms. The van der Waals surface area contributed by atoms with E-state index in [0.717, 1.165) is 12.8 Å². The first-order valence-corrected chi connectivity index (χ1v) is 11.0. The van der Waals surface area contributed by atoms with Crippen LogP contribution in [-0.2, 0) is 9.53 Å². The van der Waals surface area contributed by atoms with Crippen LogP contribution in [0.1, 0.15) is 39.2 Å². The lowest BCUT2D eigenvalue weighted by molar-refractivity contribution is -0.127. The van der Waals surface area contributed by atoms with E-state index in [1.54, 1.807) is 35.4 Å². The van der Waals surface area contributed by atoms with E-state index in [1.807, 2.05) is 20.8 Å². The number of likely N-dealkylation sites (tertiary alicyclic amines) is 1. The van der Waals surface area contributed by atoms with Crippen LogP contribution in [0, 0.1) is 11.7 Å². The zero-order valence-electron chi connectivity index (χ0n) is 19.2. The molecule has 33 heavy (non-hydrogen) atoms. The highest BCUT2D eigenvalue weighted by molar-refractivity contribution is 5.91. The second-order valence-corrected chi connectivity index (χ2v) is 8.97. The number of carbonyl (C=O) groups excluding carboxylic acids is 2. The lowest BCUT2D eigenvalue weighted by Crippen LogP contribution is -2.41. The smallest absolute Gasteiger partial charge is 0.407 e. The minimum Gasteiger partial charge on any atom is -0.453 e. The number of carbonyl (C=O) groups is 2. The summed E-state index contributed by atoms with van der Waals surface area (Å²) in [5, 5.41) is 2.80. The number of aromatic nitrogens is 1. The molecule has 2 amide bonds. The van der Waals surface area contributed by atoms with Crippen molar-refractivity contribution in [2.24, 2.45) is 5.92 Å². The van der Waals surface area contributed by atoms with Gasteiger partial charge in [0.15, 0.2) is 11.6 Å². The zero-order valence-corrected chi connectivity index (χ0v) is 19.2. The van der Waals surface area contributed by atoms with Crippen LogP contribution in [0.5, 0.6) is 11.5 Å². The van der Waals surface area contributed by atoms with Crippen LogP contribution >= 0.6 is 0 Å². The summed E-state index contributed by atoms with van der Waals surface area (Å²) in [5.74, 6) is 0.191. The fourth-order valence-corrected chi connectivity index (χ4v) is 3.41. The van der Waals surface area contributed by atoms with Gasteiger partial charge < -0.3 is 19.7 Å². The Morgan fingerprint density at radius 2 is 2.00 bits per heavy atom. The first-order valence-electron chi connectivity index (χ1n) is 11.0. The topological polar surface area (TPSA) is 80.8 Å². The van der Waals surface area contributed by atoms with E-state index in [1.165, 1.54) is 24.4 Å². The van der Waals surface area contributed by atoms with E-state index in [9.17, 15) is 14.0 Å². The van der Waals surface area contributed by atoms with Crippen molar-refractivity contribution in [3.8, 4) is 11.5 Å². The summed E-state index contributed by atoms with van der Waals surface area (Å²) in [6.07, 6.45) is 7.33. The van der Waals surface area contributed by atoms with Gasteiger partial charge in [-0.25, -0.2) is 9.18 Å². The molecule has 1 aliphatic heterocycles. The molecule has 1 saturated heterocycles. The van der Waals surface area contributed by atoms with Gasteiger partial charge in [-0.2, -0.15) is 0 Å². The fourth-order valence-electron chi connectivity index (χ4n) is 3.41. The van der Waals surface area contributed by atoms with Crippen molar-refractivity contribution in [1.82, 2.24) is 15.2 Å². The second kappa shape index (κ2) is 10.9. The van der Waals surface area contributed by atoms with Crippen LogP contribution in [0.2, 0.25) is 0 Å². The van der Waals surface area contributed by atoms with Crippen molar-refractivity contribution >= 4 is 18.1 Å². The van der Waals surface area contributed by atoms with Gasteiger partial charge >= 0.3 is 6.09 Å². The molecule has 1 fully saturated rings. The summed E-state index contributed by atoms with van der Waals surface area (Å²) < 4.78 is 25.1. The van der Waals surface area contributed by atoms with E-state index >= 15 is 0 Å². The number of alkyl carbamates (subject to hydrolysis) is 1. The number of amides is 2. The van der Waals surface area contributed by atoms with Gasteiger partial charge in [-0.3, -0.25) is 9.78 Å². The molecular formula is C25H30FN3O4. The van der Waals surface area contributed by atoms with Crippen molar-refractivity contribution in [1.29, 1.82) is 0 Å². The maximum Gasteiger partial charge on any atom is 0.407 e. The van der Waals surface area contributed by atoms with E-state index in [-0.39, 0.29) is 11.7 Å². The predicted molar refractivity (Wildman–Crippen MR) is 123 cm³/mol. The van der Waals surface area contributed by atoms with Crippen LogP contribution < -0.4 is 10.1 Å². The number of nitrogens with zero attached hydrogens (tertiary/aromatic N) is 2. The van der Waals surface area contributed by atoms with E-state index in [0.29, 0.717) is 36.9 Å². The SMILES string of the molecule is CC(C)(C)OC(=O)NCC1CCN(C(=O)/C=C/c2ccc(Oc3cccnc3)c(F)c2)CC1. The van der Waals surface area contributed by atoms with Crippen LogP contribution in [0.3, 0.4) is 0 Å². The van der Waals surface area contributed by atoms with E-state index in [2.05, 4.69) is 10.3 Å². The van der Waals surface area contributed by atoms with Gasteiger partial charge in [0, 0.05) is 31.9 Å². The fraction of sp³-hybridized carbons (Fsp3) is 0.400. The summed E-state index contributed by atoms with van der Waals surface area (Å²) >= 11 is 0. The Morgan fingerprint density at radius 1 is 1.24 bits per heavy atom. The van der Waals surface area contributed by atoms with Crippen LogP contribution in [0.4, 0.5) is 9.18 Å². The van der Waals surface area contributed by atoms with Crippen LogP contribution in [-0.4, -0.2) is 47.1 Å². The van der Waals surface area contributed by atoms with Gasteiger partial charge in [0.25, 0.3) is 0 Å². The highest BCUT2D eigenvalue weighted by atomic mass is 19.1. The molecule has 0 atom stereocenters. The average Bonchev–Trinajstić information content (AvgIpc) is 2.77. The maximum atomic E-state index is 14.4. The number of hydrogen-bond acceptors (Lipinski definition) is 5. The van der Waals surface area contributed by atoms with Gasteiger partial charge in [0.1, 0.15) is 11.4 Å². The number of benzene rings is 1. The Labute approximate surface area is 193 Å². The number of pyridine rings is 1. The number of hydrogen-bond donors (Lipinski definition) is 1. The molecule has 0 unspecified atom stereocenters. The summed E-state index contributed by atoms with van der Waals surface area (Å²) in [4.78, 5) is 30.0. The minimum absolute atomic E-state index is 0.0912. The lowest BCUT2D eigenvalue weighted by Gasteiger charge is -2.31. The average molecular weight is 456 g/mol. The number of rotatable bonds is 6. The first kappa shape index (κ1) is 24.2. The molecule has 3 rings (SSSR count). The molecule has 0 radical (unpaired) electrons. The molecule has 1 aromatic carbocycles. The number of halogens is 1. The summed E-state index contributed by atoms with van der Waals surface area (Å²) in [5.41, 5.74) is 0.0396. The van der Waals surface area contributed by atoms with E-state index < -0.39 is 17.5 Å². The third-order valence-electron chi connectivity index (χ3n) is 5.10. The Hall–Kier alpha value is -3.42. The van der Waals surface area contributed by atoms with Crippen LogP contribution in [0.15, 0.2) is 48.8 Å². The lowest BCUT2D eigenvalue weighted by atomic mass is 9.97. The summed E-state index contributed by atoms with van der Waals surface area (Å²) in [6, 6.07) is 7.93. The molecule has 7 nitrogen and oxygen atoms in total. The Kier molecular flexibility index (Phi) is 8.03. The maximum absolute atomic E-state index is 14.4. The Morgan fingerprint density at radius 3 is 2.64 bits per heavy atom. The molecular weight excluding hydrogens is 425 g/mol. The molecule has 2 heterocycles. The number of piperidine rings is 1. The third kappa shape index (κ3) is 7.89. The first-order chi connectivity index (χ1) is 15.7. The van der Waals surface area contributed by atoms with Crippen molar-refractivity contribution < 1.29 is 23.5 Å². The monoisotopic (exact) mass is 455 g/mol. The van der Waals surface area contributed by atoms with Crippen molar-refractivity contribution in [3.05, 3.63) is 60.2 Å². The molecule has 0 saturated carbocycles. The summed E-state index contributed by atoms with van der Waals surface area (Å²) in [7, 11) is 0. The Bertz CT molecular complexity index is 981. The van der Waals surface area contributed by atoms with Crippen molar-refractivity contribution in [2.45, 2.75) is 39.2 Å². The third-order valence-corrected chi connectivity index (χ3v) is 5.10. The van der Waals surface area contributed by atoms with Gasteiger partial charge in [-0.15, -0.1) is 0 Å². The molecule has 1 aromatic heterocycles. The Balaban J connectivity index is 1.45. The van der Waals surface area contributed by atoms with Crippen LogP contribution in [0.25, 0.3) is 6.08 Å². The highest BCUT2D eigenvalue weighted by Crippen LogP contribution is 2.25. The van der Waals surface area contributed by atoms with Gasteiger partial charge in [-0.05, 0) is 75.4 Å². The zero-order chi connectivity index (χ0) is 23.8. The molecule has 176 valence electrons. The number of nitrogens with one attached hydrogen (secondary N) is 1. The van der Waals surface area contributed by atoms with Crippen molar-refractivity contribution in [2.75, 3.05) is 19.6 Å². The molecule has 2 aromatic rings. The molecule has 8 heteroatoms. The highest BCUT2D eigenvalue weighted by Gasteiger charge is 2.23. The molecule has 0 aliphatic carbocycles. The number of ether oxygens (including phenoxy) is 2. The molecule has 1 N–H and O–H groups in total. The standard InChI is InChI=1S/C25H30FN3O4/c1-25(2,3)33-24(31)28-16-19-10-13-29(14-11-19)23(30)9-7-18-6-8-22(21(26)15-18)32-20-5-4-12-27-17-20/h4-9,12,15,17,19H,10-11,13-14,16H2,1-3H3,(H,28,31)/b9-7+. The van der Waals surface area contributed by atoms with Crippen molar-refractivity contribution in [3.63, 3.8) is 0 Å². The van der Waals surface area contributed by atoms with E-state index in [4.69, 9.17) is 9.47 Å². The molecule has 0 bridgehead atoms.